The molecule has 0 aliphatic carbocycles. The Labute approximate surface area is 178 Å². The summed E-state index contributed by atoms with van der Waals surface area (Å²) in [7, 11) is 3.82. The molecule has 0 N–H and O–H groups in total. The highest BCUT2D eigenvalue weighted by molar-refractivity contribution is 5.92. The molecule has 0 unspecified atom stereocenters. The minimum atomic E-state index is -0.279. The zero-order chi connectivity index (χ0) is 21.5. The van der Waals surface area contributed by atoms with E-state index in [4.69, 9.17) is 0 Å². The van der Waals surface area contributed by atoms with Gasteiger partial charge in [-0.25, -0.2) is 8.91 Å². The quantitative estimate of drug-likeness (QED) is 0.510. The molecular formula is C22H22FN7O. The highest BCUT2D eigenvalue weighted by Gasteiger charge is 2.32. The Bertz CT molecular complexity index is 1260. The van der Waals surface area contributed by atoms with Gasteiger partial charge >= 0.3 is 0 Å². The predicted octanol–water partition coefficient (Wildman–Crippen LogP) is 2.40. The summed E-state index contributed by atoms with van der Waals surface area (Å²) in [6.45, 7) is 1.86. The van der Waals surface area contributed by atoms with Gasteiger partial charge in [0.25, 0.3) is 5.91 Å². The number of fused-ring (bicyclic) bond motifs is 1. The van der Waals surface area contributed by atoms with Gasteiger partial charge in [-0.15, -0.1) is 5.10 Å². The lowest BCUT2D eigenvalue weighted by molar-refractivity contribution is 0.0535. The standard InChI is InChI=1S/C22H22FN7O/c1-27-10-11-29(22(31)18-8-9-28(2)25-18)14-20(27)21-19-7-6-16(13-30(19)26-24-21)15-4-3-5-17(23)12-15/h3-9,12-13,20H,10-11,14H2,1-2H3/t20-/m1/s1. The van der Waals surface area contributed by atoms with Gasteiger partial charge in [0.1, 0.15) is 17.2 Å². The van der Waals surface area contributed by atoms with Gasteiger partial charge in [-0.2, -0.15) is 5.10 Å². The third-order valence-corrected chi connectivity index (χ3v) is 5.78. The third-order valence-electron chi connectivity index (χ3n) is 5.78. The van der Waals surface area contributed by atoms with Gasteiger partial charge in [0.2, 0.25) is 0 Å². The molecule has 8 nitrogen and oxygen atoms in total. The smallest absolute Gasteiger partial charge is 0.274 e. The molecule has 1 aliphatic rings. The fourth-order valence-electron chi connectivity index (χ4n) is 4.03. The number of nitrogens with zero attached hydrogens (tertiary/aromatic N) is 7. The number of carbonyl (C=O) groups is 1. The van der Waals surface area contributed by atoms with Crippen LogP contribution in [0.2, 0.25) is 0 Å². The number of aromatic nitrogens is 5. The Morgan fingerprint density at radius 2 is 1.97 bits per heavy atom. The highest BCUT2D eigenvalue weighted by atomic mass is 19.1. The van der Waals surface area contributed by atoms with Crippen LogP contribution in [0.4, 0.5) is 4.39 Å². The van der Waals surface area contributed by atoms with Crippen molar-refractivity contribution in [1.29, 1.82) is 0 Å². The molecule has 0 spiro atoms. The maximum absolute atomic E-state index is 13.6. The van der Waals surface area contributed by atoms with Crippen LogP contribution in [-0.4, -0.2) is 67.0 Å². The Morgan fingerprint density at radius 1 is 1.10 bits per heavy atom. The second kappa shape index (κ2) is 7.59. The van der Waals surface area contributed by atoms with Gasteiger partial charge in [-0.05, 0) is 36.9 Å². The van der Waals surface area contributed by atoms with Crippen LogP contribution < -0.4 is 0 Å². The zero-order valence-electron chi connectivity index (χ0n) is 17.3. The number of hydrogen-bond donors (Lipinski definition) is 0. The first-order valence-electron chi connectivity index (χ1n) is 10.1. The van der Waals surface area contributed by atoms with E-state index in [1.807, 2.05) is 36.3 Å². The van der Waals surface area contributed by atoms with Crippen molar-refractivity contribution in [3.63, 3.8) is 0 Å². The van der Waals surface area contributed by atoms with Crippen LogP contribution in [0, 0.1) is 5.82 Å². The number of carbonyl (C=O) groups excluding carboxylic acids is 1. The van der Waals surface area contributed by atoms with Crippen molar-refractivity contribution in [1.82, 2.24) is 34.4 Å². The lowest BCUT2D eigenvalue weighted by atomic mass is 10.1. The summed E-state index contributed by atoms with van der Waals surface area (Å²) in [5, 5.41) is 13.0. The molecule has 1 aliphatic heterocycles. The largest absolute Gasteiger partial charge is 0.334 e. The monoisotopic (exact) mass is 419 g/mol. The number of benzene rings is 1. The Morgan fingerprint density at radius 3 is 2.74 bits per heavy atom. The number of rotatable bonds is 3. The molecule has 1 atom stereocenters. The summed E-state index contributed by atoms with van der Waals surface area (Å²) in [6.07, 6.45) is 3.62. The van der Waals surface area contributed by atoms with Crippen molar-refractivity contribution in [3.8, 4) is 11.1 Å². The molecule has 0 saturated carbocycles. The van der Waals surface area contributed by atoms with Crippen LogP contribution in [0.15, 0.2) is 54.9 Å². The van der Waals surface area contributed by atoms with Crippen molar-refractivity contribution in [2.24, 2.45) is 7.05 Å². The first-order chi connectivity index (χ1) is 15.0. The van der Waals surface area contributed by atoms with Crippen LogP contribution >= 0.6 is 0 Å². The van der Waals surface area contributed by atoms with Gasteiger partial charge in [-0.3, -0.25) is 14.4 Å². The van der Waals surface area contributed by atoms with E-state index in [0.29, 0.717) is 18.8 Å². The summed E-state index contributed by atoms with van der Waals surface area (Å²) in [6, 6.07) is 12.0. The highest BCUT2D eigenvalue weighted by Crippen LogP contribution is 2.28. The number of halogens is 1. The van der Waals surface area contributed by atoms with E-state index >= 15 is 0 Å². The van der Waals surface area contributed by atoms with E-state index in [1.54, 1.807) is 34.6 Å². The lowest BCUT2D eigenvalue weighted by Crippen LogP contribution is -2.49. The molecule has 5 rings (SSSR count). The molecular weight excluding hydrogens is 397 g/mol. The van der Waals surface area contributed by atoms with Crippen molar-refractivity contribution in [2.75, 3.05) is 26.7 Å². The molecule has 158 valence electrons. The SMILES string of the molecule is CN1CCN(C(=O)c2ccn(C)n2)C[C@@H]1c1nnn2cc(-c3cccc(F)c3)ccc12. The fraction of sp³-hybridized carbons (Fsp3) is 0.273. The molecule has 1 aromatic carbocycles. The average molecular weight is 419 g/mol. The van der Waals surface area contributed by atoms with Crippen LogP contribution in [0.25, 0.3) is 16.6 Å². The van der Waals surface area contributed by atoms with Crippen LogP contribution in [-0.2, 0) is 7.05 Å². The number of amides is 1. The molecule has 3 aromatic heterocycles. The van der Waals surface area contributed by atoms with Crippen molar-refractivity contribution >= 4 is 11.4 Å². The second-order valence-electron chi connectivity index (χ2n) is 7.85. The van der Waals surface area contributed by atoms with E-state index in [1.165, 1.54) is 12.1 Å². The van der Waals surface area contributed by atoms with E-state index in [2.05, 4.69) is 20.3 Å². The number of aryl methyl sites for hydroxylation is 1. The Balaban J connectivity index is 1.44. The summed E-state index contributed by atoms with van der Waals surface area (Å²) in [5.74, 6) is -0.359. The molecule has 4 aromatic rings. The van der Waals surface area contributed by atoms with Crippen LogP contribution in [0.1, 0.15) is 22.2 Å². The fourth-order valence-corrected chi connectivity index (χ4v) is 4.03. The first kappa shape index (κ1) is 19.4. The Hall–Kier alpha value is -3.59. The first-order valence-corrected chi connectivity index (χ1v) is 10.1. The number of hydrogen-bond acceptors (Lipinski definition) is 5. The second-order valence-corrected chi connectivity index (χ2v) is 7.85. The van der Waals surface area contributed by atoms with Gasteiger partial charge in [0, 0.05) is 44.6 Å². The molecule has 1 saturated heterocycles. The minimum Gasteiger partial charge on any atom is -0.334 e. The molecule has 0 radical (unpaired) electrons. The molecule has 4 heterocycles. The number of pyridine rings is 1. The van der Waals surface area contributed by atoms with Gasteiger partial charge in [-0.1, -0.05) is 23.4 Å². The molecule has 31 heavy (non-hydrogen) atoms. The number of likely N-dealkylation sites (N-methyl/N-ethyl adjacent to an activating group) is 1. The maximum Gasteiger partial charge on any atom is 0.274 e. The Kier molecular flexibility index (Phi) is 4.74. The zero-order valence-corrected chi connectivity index (χ0v) is 17.3. The van der Waals surface area contributed by atoms with E-state index in [-0.39, 0.29) is 17.8 Å². The molecule has 9 heteroatoms. The van der Waals surface area contributed by atoms with Crippen LogP contribution in [0.3, 0.4) is 0 Å². The summed E-state index contributed by atoms with van der Waals surface area (Å²) >= 11 is 0. The predicted molar refractivity (Wildman–Crippen MR) is 113 cm³/mol. The summed E-state index contributed by atoms with van der Waals surface area (Å²) in [5.41, 5.74) is 3.75. The topological polar surface area (TPSA) is 71.6 Å². The third kappa shape index (κ3) is 3.57. The minimum absolute atomic E-state index is 0.0800. The summed E-state index contributed by atoms with van der Waals surface area (Å²) < 4.78 is 16.9. The molecule has 1 amide bonds. The lowest BCUT2D eigenvalue weighted by Gasteiger charge is -2.38. The summed E-state index contributed by atoms with van der Waals surface area (Å²) in [4.78, 5) is 16.9. The van der Waals surface area contributed by atoms with Crippen LogP contribution in [0.5, 0.6) is 0 Å². The van der Waals surface area contributed by atoms with Gasteiger partial charge in [0.05, 0.1) is 11.6 Å². The van der Waals surface area contributed by atoms with Crippen molar-refractivity contribution < 1.29 is 9.18 Å². The number of piperazine rings is 1. The maximum atomic E-state index is 13.6. The average Bonchev–Trinajstić information content (AvgIpc) is 3.39. The van der Waals surface area contributed by atoms with E-state index in [9.17, 15) is 9.18 Å². The van der Waals surface area contributed by atoms with Crippen molar-refractivity contribution in [3.05, 3.63) is 72.1 Å². The molecule has 1 fully saturated rings. The van der Waals surface area contributed by atoms with E-state index in [0.717, 1.165) is 28.9 Å². The van der Waals surface area contributed by atoms with Gasteiger partial charge < -0.3 is 4.90 Å². The molecule has 0 bridgehead atoms. The van der Waals surface area contributed by atoms with Crippen molar-refractivity contribution in [2.45, 2.75) is 6.04 Å². The normalized spacial score (nSPS) is 17.4. The van der Waals surface area contributed by atoms with Gasteiger partial charge in [0.15, 0.2) is 0 Å². The van der Waals surface area contributed by atoms with E-state index < -0.39 is 0 Å².